The maximum absolute atomic E-state index is 12.6. The van der Waals surface area contributed by atoms with E-state index >= 15 is 0 Å². The lowest BCUT2D eigenvalue weighted by molar-refractivity contribution is -0.385. The number of nitrogens with zero attached hydrogens (tertiary/aromatic N) is 2. The lowest BCUT2D eigenvalue weighted by Crippen LogP contribution is -2.41. The summed E-state index contributed by atoms with van der Waals surface area (Å²) in [7, 11) is 1.67. The van der Waals surface area contributed by atoms with Crippen molar-refractivity contribution < 1.29 is 19.2 Å². The van der Waals surface area contributed by atoms with Crippen molar-refractivity contribution in [3.05, 3.63) is 63.7 Å². The van der Waals surface area contributed by atoms with Crippen molar-refractivity contribution >= 4 is 11.6 Å². The fraction of sp³-hybridized carbons (Fsp3) is 0.278. The normalized spacial score (nSPS) is 15.5. The number of carbonyl (C=O) groups is 1. The quantitative estimate of drug-likeness (QED) is 0.630. The molecule has 0 aromatic heterocycles. The van der Waals surface area contributed by atoms with Gasteiger partial charge >= 0.3 is 0 Å². The number of nitro benzene ring substituents is 1. The molecule has 130 valence electrons. The van der Waals surface area contributed by atoms with Crippen LogP contribution in [0.3, 0.4) is 0 Å². The van der Waals surface area contributed by atoms with Gasteiger partial charge in [-0.3, -0.25) is 14.9 Å². The van der Waals surface area contributed by atoms with Gasteiger partial charge in [-0.2, -0.15) is 0 Å². The molecule has 0 fully saturated rings. The van der Waals surface area contributed by atoms with E-state index in [4.69, 9.17) is 9.47 Å². The van der Waals surface area contributed by atoms with Gasteiger partial charge in [0.1, 0.15) is 6.61 Å². The number of para-hydroxylation sites is 2. The first-order chi connectivity index (χ1) is 12.0. The fourth-order valence-electron chi connectivity index (χ4n) is 2.76. The Morgan fingerprint density at radius 3 is 2.68 bits per heavy atom. The summed E-state index contributed by atoms with van der Waals surface area (Å²) in [4.78, 5) is 24.5. The summed E-state index contributed by atoms with van der Waals surface area (Å²) >= 11 is 0. The Balaban J connectivity index is 1.67. The van der Waals surface area contributed by atoms with Crippen LogP contribution in [0.2, 0.25) is 0 Å². The highest BCUT2D eigenvalue weighted by Gasteiger charge is 2.24. The fourth-order valence-corrected chi connectivity index (χ4v) is 2.76. The van der Waals surface area contributed by atoms with E-state index in [0.29, 0.717) is 35.8 Å². The number of nitro groups is 1. The van der Waals surface area contributed by atoms with Crippen molar-refractivity contribution in [1.29, 1.82) is 0 Å². The highest BCUT2D eigenvalue weighted by molar-refractivity contribution is 5.94. The van der Waals surface area contributed by atoms with Crippen LogP contribution >= 0.6 is 0 Å². The van der Waals surface area contributed by atoms with Crippen molar-refractivity contribution in [2.45, 2.75) is 13.0 Å². The van der Waals surface area contributed by atoms with Crippen LogP contribution in [0.25, 0.3) is 0 Å². The van der Waals surface area contributed by atoms with E-state index in [1.807, 2.05) is 24.3 Å². The zero-order valence-electron chi connectivity index (χ0n) is 14.0. The molecule has 25 heavy (non-hydrogen) atoms. The highest BCUT2D eigenvalue weighted by Crippen LogP contribution is 2.31. The smallest absolute Gasteiger partial charge is 0.272 e. The first-order valence-corrected chi connectivity index (χ1v) is 7.84. The minimum atomic E-state index is -0.460. The third kappa shape index (κ3) is 3.55. The van der Waals surface area contributed by atoms with E-state index in [2.05, 4.69) is 0 Å². The minimum absolute atomic E-state index is 0.000163. The molecule has 0 unspecified atom stereocenters. The van der Waals surface area contributed by atoms with Gasteiger partial charge in [0.05, 0.1) is 11.5 Å². The zero-order chi connectivity index (χ0) is 18.0. The molecule has 2 aromatic carbocycles. The number of hydrogen-bond donors (Lipinski definition) is 0. The van der Waals surface area contributed by atoms with Crippen molar-refractivity contribution in [2.75, 3.05) is 20.2 Å². The summed E-state index contributed by atoms with van der Waals surface area (Å²) < 4.78 is 11.5. The molecule has 3 rings (SSSR count). The summed E-state index contributed by atoms with van der Waals surface area (Å²) in [5.41, 5.74) is 0.859. The SMILES string of the molecule is Cc1cc(C(=O)N(C)C[C@@H]2COc3ccccc3O2)ccc1[N+](=O)[O-]. The Bertz CT molecular complexity index is 821. The minimum Gasteiger partial charge on any atom is -0.486 e. The Labute approximate surface area is 144 Å². The third-order valence-electron chi connectivity index (χ3n) is 4.03. The first kappa shape index (κ1) is 16.8. The number of hydrogen-bond acceptors (Lipinski definition) is 5. The standard InChI is InChI=1S/C18H18N2O5/c1-12-9-13(7-8-15(12)20(22)23)18(21)19(2)10-14-11-24-16-5-3-4-6-17(16)25-14/h3-9,14H,10-11H2,1-2H3/t14-/m1/s1. The van der Waals surface area contributed by atoms with Crippen LogP contribution < -0.4 is 9.47 Å². The molecule has 0 saturated carbocycles. The van der Waals surface area contributed by atoms with E-state index in [9.17, 15) is 14.9 Å². The number of aryl methyl sites for hydroxylation is 1. The zero-order valence-corrected chi connectivity index (χ0v) is 14.0. The molecule has 1 atom stereocenters. The number of rotatable bonds is 4. The van der Waals surface area contributed by atoms with Crippen LogP contribution in [0.15, 0.2) is 42.5 Å². The second-order valence-electron chi connectivity index (χ2n) is 5.94. The second-order valence-corrected chi connectivity index (χ2v) is 5.94. The van der Waals surface area contributed by atoms with Gasteiger partial charge in [0.15, 0.2) is 17.6 Å². The van der Waals surface area contributed by atoms with Crippen LogP contribution in [-0.2, 0) is 0 Å². The van der Waals surface area contributed by atoms with Crippen molar-refractivity contribution in [1.82, 2.24) is 4.90 Å². The molecule has 0 radical (unpaired) electrons. The molecular formula is C18H18N2O5. The molecular weight excluding hydrogens is 324 g/mol. The lowest BCUT2D eigenvalue weighted by Gasteiger charge is -2.29. The molecule has 0 N–H and O–H groups in total. The van der Waals surface area contributed by atoms with Gasteiger partial charge in [0.25, 0.3) is 11.6 Å². The average Bonchev–Trinajstić information content (AvgIpc) is 2.60. The van der Waals surface area contributed by atoms with Crippen LogP contribution in [0.5, 0.6) is 11.5 Å². The van der Waals surface area contributed by atoms with Crippen LogP contribution in [0.1, 0.15) is 15.9 Å². The van der Waals surface area contributed by atoms with E-state index in [0.717, 1.165) is 0 Å². The topological polar surface area (TPSA) is 81.9 Å². The molecule has 0 saturated heterocycles. The highest BCUT2D eigenvalue weighted by atomic mass is 16.6. The van der Waals surface area contributed by atoms with E-state index in [1.54, 1.807) is 14.0 Å². The summed E-state index contributed by atoms with van der Waals surface area (Å²) in [5, 5.41) is 10.9. The number of likely N-dealkylation sites (N-methyl/N-ethyl adjacent to an activating group) is 1. The van der Waals surface area contributed by atoms with Crippen molar-refractivity contribution in [2.24, 2.45) is 0 Å². The van der Waals surface area contributed by atoms with E-state index < -0.39 is 4.92 Å². The van der Waals surface area contributed by atoms with Gasteiger partial charge in [-0.15, -0.1) is 0 Å². The van der Waals surface area contributed by atoms with Gasteiger partial charge in [-0.25, -0.2) is 0 Å². The van der Waals surface area contributed by atoms with Crippen LogP contribution in [0, 0.1) is 17.0 Å². The Hall–Kier alpha value is -3.09. The number of fused-ring (bicyclic) bond motifs is 1. The maximum atomic E-state index is 12.6. The first-order valence-electron chi connectivity index (χ1n) is 7.84. The summed E-state index contributed by atoms with van der Waals surface area (Å²) in [6.45, 7) is 2.32. The van der Waals surface area contributed by atoms with E-state index in [1.165, 1.54) is 23.1 Å². The molecule has 2 aromatic rings. The van der Waals surface area contributed by atoms with Crippen LogP contribution in [-0.4, -0.2) is 42.0 Å². The molecule has 7 heteroatoms. The second kappa shape index (κ2) is 6.80. The number of amides is 1. The molecule has 1 aliphatic heterocycles. The predicted octanol–water partition coefficient (Wildman–Crippen LogP) is 2.82. The molecule has 1 amide bonds. The Kier molecular flexibility index (Phi) is 4.56. The molecule has 0 aliphatic carbocycles. The van der Waals surface area contributed by atoms with Crippen LogP contribution in [0.4, 0.5) is 5.69 Å². The average molecular weight is 342 g/mol. The molecule has 1 heterocycles. The van der Waals surface area contributed by atoms with E-state index in [-0.39, 0.29) is 17.7 Å². The molecule has 1 aliphatic rings. The number of carbonyl (C=O) groups excluding carboxylic acids is 1. The molecule has 7 nitrogen and oxygen atoms in total. The Morgan fingerprint density at radius 2 is 2.00 bits per heavy atom. The van der Waals surface area contributed by atoms with Crippen molar-refractivity contribution in [3.8, 4) is 11.5 Å². The van der Waals surface area contributed by atoms with Gasteiger partial charge < -0.3 is 14.4 Å². The van der Waals surface area contributed by atoms with Gasteiger partial charge in [-0.05, 0) is 31.2 Å². The van der Waals surface area contributed by atoms with Gasteiger partial charge in [0.2, 0.25) is 0 Å². The van der Waals surface area contributed by atoms with Gasteiger partial charge in [-0.1, -0.05) is 12.1 Å². The monoisotopic (exact) mass is 342 g/mol. The Morgan fingerprint density at radius 1 is 1.28 bits per heavy atom. The molecule has 0 spiro atoms. The lowest BCUT2D eigenvalue weighted by atomic mass is 10.1. The van der Waals surface area contributed by atoms with Crippen molar-refractivity contribution in [3.63, 3.8) is 0 Å². The summed E-state index contributed by atoms with van der Waals surface area (Å²) in [6.07, 6.45) is -0.275. The maximum Gasteiger partial charge on any atom is 0.272 e. The predicted molar refractivity (Wildman–Crippen MR) is 91.1 cm³/mol. The largest absolute Gasteiger partial charge is 0.486 e. The molecule has 0 bridgehead atoms. The van der Waals surface area contributed by atoms with Gasteiger partial charge in [0, 0.05) is 24.2 Å². The summed E-state index contributed by atoms with van der Waals surface area (Å²) in [5.74, 6) is 1.13. The number of ether oxygens (including phenoxy) is 2. The third-order valence-corrected chi connectivity index (χ3v) is 4.03. The summed E-state index contributed by atoms with van der Waals surface area (Å²) in [6, 6.07) is 11.7. The number of benzene rings is 2.